The van der Waals surface area contributed by atoms with Crippen LogP contribution in [0.15, 0.2) is 48.5 Å². The molecule has 1 atom stereocenters. The van der Waals surface area contributed by atoms with Gasteiger partial charge in [-0.15, -0.1) is 11.8 Å². The number of rotatable bonds is 8. The van der Waals surface area contributed by atoms with E-state index in [4.69, 9.17) is 14.6 Å². The topological polar surface area (TPSA) is 85.7 Å². The van der Waals surface area contributed by atoms with Crippen LogP contribution in [-0.2, 0) is 19.7 Å². The summed E-state index contributed by atoms with van der Waals surface area (Å²) in [4.78, 5) is 28.2. The summed E-state index contributed by atoms with van der Waals surface area (Å²) in [5.41, 5.74) is 4.57. The smallest absolute Gasteiger partial charge is 0.240 e. The van der Waals surface area contributed by atoms with Gasteiger partial charge in [0, 0.05) is 24.6 Å². The number of benzene rings is 2. The zero-order valence-electron chi connectivity index (χ0n) is 22.9. The molecule has 0 unspecified atom stereocenters. The van der Waals surface area contributed by atoms with Crippen molar-refractivity contribution in [3.63, 3.8) is 0 Å². The van der Waals surface area contributed by atoms with E-state index in [0.29, 0.717) is 19.0 Å². The van der Waals surface area contributed by atoms with E-state index in [1.54, 1.807) is 30.9 Å². The first-order valence-corrected chi connectivity index (χ1v) is 13.7. The monoisotopic (exact) mass is 536 g/mol. The van der Waals surface area contributed by atoms with Gasteiger partial charge in [-0.3, -0.25) is 14.5 Å². The lowest BCUT2D eigenvalue weighted by atomic mass is 9.87. The summed E-state index contributed by atoms with van der Waals surface area (Å²) in [6.45, 7) is 9.10. The summed E-state index contributed by atoms with van der Waals surface area (Å²) in [5, 5.41) is 7.84. The van der Waals surface area contributed by atoms with Crippen LogP contribution in [0, 0.1) is 6.92 Å². The molecule has 0 saturated carbocycles. The van der Waals surface area contributed by atoms with Crippen molar-refractivity contribution in [1.29, 1.82) is 0 Å². The van der Waals surface area contributed by atoms with Crippen molar-refractivity contribution in [2.45, 2.75) is 38.4 Å². The minimum absolute atomic E-state index is 0.109. The first-order valence-electron chi connectivity index (χ1n) is 12.7. The van der Waals surface area contributed by atoms with Gasteiger partial charge in [-0.2, -0.15) is 5.10 Å². The van der Waals surface area contributed by atoms with E-state index in [1.807, 2.05) is 35.0 Å². The van der Waals surface area contributed by atoms with E-state index in [-0.39, 0.29) is 34.8 Å². The number of ether oxygens (including phenoxy) is 2. The molecule has 0 saturated heterocycles. The number of carbonyl (C=O) groups excluding carboxylic acids is 2. The summed E-state index contributed by atoms with van der Waals surface area (Å²) in [6, 6.07) is 15.9. The van der Waals surface area contributed by atoms with E-state index < -0.39 is 0 Å². The fourth-order valence-electron chi connectivity index (χ4n) is 4.57. The van der Waals surface area contributed by atoms with Crippen molar-refractivity contribution < 1.29 is 19.1 Å². The number of hydrogen-bond donors (Lipinski definition) is 1. The van der Waals surface area contributed by atoms with Crippen LogP contribution in [0.1, 0.15) is 48.4 Å². The molecule has 38 heavy (non-hydrogen) atoms. The summed E-state index contributed by atoms with van der Waals surface area (Å²) in [7, 11) is 3.21. The van der Waals surface area contributed by atoms with E-state index in [2.05, 4.69) is 51.2 Å². The number of methoxy groups -OCH3 is 2. The molecule has 0 bridgehead atoms. The Bertz CT molecular complexity index is 1300. The number of anilines is 1. The van der Waals surface area contributed by atoms with Gasteiger partial charge < -0.3 is 14.8 Å². The number of fused-ring (bicyclic) bond motifs is 1. The Hall–Kier alpha value is -3.30. The molecule has 2 aromatic carbocycles. The van der Waals surface area contributed by atoms with Gasteiger partial charge in [0.2, 0.25) is 11.8 Å². The molecule has 0 radical (unpaired) electrons. The molecular formula is C29H36N4O4S. The Balaban J connectivity index is 1.95. The third-order valence-corrected chi connectivity index (χ3v) is 7.65. The number of aromatic nitrogens is 2. The second kappa shape index (κ2) is 11.6. The highest BCUT2D eigenvalue weighted by atomic mass is 32.2. The first-order chi connectivity index (χ1) is 18.1. The van der Waals surface area contributed by atoms with Gasteiger partial charge in [-0.1, -0.05) is 50.6 Å². The predicted octanol–water partition coefficient (Wildman–Crippen LogP) is 4.42. The Morgan fingerprint density at radius 2 is 1.89 bits per heavy atom. The molecule has 9 heteroatoms. The molecule has 2 heterocycles. The molecule has 1 aromatic heterocycles. The van der Waals surface area contributed by atoms with Crippen LogP contribution < -0.4 is 15.0 Å². The van der Waals surface area contributed by atoms with Crippen molar-refractivity contribution in [1.82, 2.24) is 15.1 Å². The lowest BCUT2D eigenvalue weighted by molar-refractivity contribution is -0.123. The quantitative estimate of drug-likeness (QED) is 0.429. The van der Waals surface area contributed by atoms with Gasteiger partial charge in [-0.25, -0.2) is 4.68 Å². The maximum Gasteiger partial charge on any atom is 0.240 e. The van der Waals surface area contributed by atoms with Crippen molar-refractivity contribution >= 4 is 29.4 Å². The lowest BCUT2D eigenvalue weighted by Gasteiger charge is -2.24. The normalized spacial score (nSPS) is 15.7. The zero-order chi connectivity index (χ0) is 27.4. The van der Waals surface area contributed by atoms with E-state index in [9.17, 15) is 9.59 Å². The SMILES string of the molecule is COCCNC(=O)CN1C(=O)CS[C@H](c2cccc(C)c2)c2c(C(C)(C)C)nn(-c3ccc(OC)cc3)c21. The largest absolute Gasteiger partial charge is 0.497 e. The predicted molar refractivity (Wildman–Crippen MR) is 152 cm³/mol. The highest BCUT2D eigenvalue weighted by Gasteiger charge is 2.39. The molecule has 0 aliphatic carbocycles. The minimum Gasteiger partial charge on any atom is -0.497 e. The number of nitrogens with one attached hydrogen (secondary N) is 1. The number of thioether (sulfide) groups is 1. The molecular weight excluding hydrogens is 500 g/mol. The second-order valence-corrected chi connectivity index (χ2v) is 11.5. The molecule has 8 nitrogen and oxygen atoms in total. The molecule has 1 N–H and O–H groups in total. The zero-order valence-corrected chi connectivity index (χ0v) is 23.7. The summed E-state index contributed by atoms with van der Waals surface area (Å²) in [6.07, 6.45) is 0. The maximum atomic E-state index is 13.7. The van der Waals surface area contributed by atoms with E-state index in [0.717, 1.165) is 33.8 Å². The molecule has 1 aliphatic rings. The number of nitrogens with zero attached hydrogens (tertiary/aromatic N) is 3. The molecule has 4 rings (SSSR count). The van der Waals surface area contributed by atoms with Crippen molar-refractivity contribution in [3.8, 4) is 11.4 Å². The van der Waals surface area contributed by atoms with Gasteiger partial charge in [0.1, 0.15) is 18.1 Å². The summed E-state index contributed by atoms with van der Waals surface area (Å²) >= 11 is 1.58. The van der Waals surface area contributed by atoms with Crippen molar-refractivity contribution in [3.05, 3.63) is 70.9 Å². The number of amides is 2. The highest BCUT2D eigenvalue weighted by Crippen LogP contribution is 2.48. The van der Waals surface area contributed by atoms with Crippen LogP contribution in [0.5, 0.6) is 5.75 Å². The number of aryl methyl sites for hydroxylation is 1. The molecule has 202 valence electrons. The Labute approximate surface area is 228 Å². The fraction of sp³-hybridized carbons (Fsp3) is 0.414. The van der Waals surface area contributed by atoms with Crippen molar-refractivity contribution in [2.75, 3.05) is 44.6 Å². The third kappa shape index (κ3) is 5.89. The average Bonchev–Trinajstić information content (AvgIpc) is 3.22. The molecule has 2 amide bonds. The Morgan fingerprint density at radius 3 is 2.53 bits per heavy atom. The van der Waals surface area contributed by atoms with Crippen LogP contribution in [0.4, 0.5) is 5.82 Å². The third-order valence-electron chi connectivity index (χ3n) is 6.39. The minimum atomic E-state index is -0.315. The van der Waals surface area contributed by atoms with Gasteiger partial charge in [-0.05, 0) is 36.8 Å². The molecule has 0 fully saturated rings. The van der Waals surface area contributed by atoms with Crippen LogP contribution in [-0.4, -0.2) is 61.3 Å². The van der Waals surface area contributed by atoms with Crippen LogP contribution in [0.25, 0.3) is 5.69 Å². The molecule has 1 aliphatic heterocycles. The second-order valence-electron chi connectivity index (χ2n) is 10.4. The average molecular weight is 537 g/mol. The first kappa shape index (κ1) is 27.7. The highest BCUT2D eigenvalue weighted by molar-refractivity contribution is 8.00. The summed E-state index contributed by atoms with van der Waals surface area (Å²) in [5.74, 6) is 1.21. The van der Waals surface area contributed by atoms with Gasteiger partial charge in [0.25, 0.3) is 0 Å². The molecule has 0 spiro atoms. The maximum absolute atomic E-state index is 13.7. The molecule has 3 aromatic rings. The van der Waals surface area contributed by atoms with Crippen LogP contribution >= 0.6 is 11.8 Å². The van der Waals surface area contributed by atoms with Crippen LogP contribution in [0.3, 0.4) is 0 Å². The number of carbonyl (C=O) groups is 2. The van der Waals surface area contributed by atoms with Crippen LogP contribution in [0.2, 0.25) is 0 Å². The Morgan fingerprint density at radius 1 is 1.16 bits per heavy atom. The number of hydrogen-bond acceptors (Lipinski definition) is 6. The Kier molecular flexibility index (Phi) is 8.47. The van der Waals surface area contributed by atoms with E-state index in [1.165, 1.54) is 0 Å². The van der Waals surface area contributed by atoms with Gasteiger partial charge >= 0.3 is 0 Å². The lowest BCUT2D eigenvalue weighted by Crippen LogP contribution is -2.43. The summed E-state index contributed by atoms with van der Waals surface area (Å²) < 4.78 is 12.2. The fourth-order valence-corrected chi connectivity index (χ4v) is 5.75. The van der Waals surface area contributed by atoms with Crippen molar-refractivity contribution in [2.24, 2.45) is 0 Å². The van der Waals surface area contributed by atoms with Gasteiger partial charge in [0.05, 0.1) is 36.1 Å². The standard InChI is InChI=1S/C29H36N4O4S/c1-19-8-7-9-20(16-19)26-25-27(29(2,3)4)31-33(21-10-12-22(37-6)13-11-21)28(25)32(24(35)18-38-26)17-23(34)30-14-15-36-5/h7-13,16,26H,14-15,17-18H2,1-6H3,(H,30,34)/t26-/m1/s1. The van der Waals surface area contributed by atoms with E-state index >= 15 is 0 Å². The van der Waals surface area contributed by atoms with Gasteiger partial charge in [0.15, 0.2) is 0 Å².